The monoisotopic (exact) mass is 466 g/mol. The first-order valence-electron chi connectivity index (χ1n) is 10.0. The van der Waals surface area contributed by atoms with Crippen LogP contribution >= 0.6 is 0 Å². The molecule has 0 aliphatic carbocycles. The van der Waals surface area contributed by atoms with Crippen molar-refractivity contribution in [3.8, 4) is 5.75 Å². The van der Waals surface area contributed by atoms with Crippen molar-refractivity contribution in [2.24, 2.45) is 5.92 Å². The second-order valence-corrected chi connectivity index (χ2v) is 7.45. The van der Waals surface area contributed by atoms with E-state index < -0.39 is 46.6 Å². The molecule has 0 N–H and O–H groups in total. The Morgan fingerprint density at radius 2 is 1.82 bits per heavy atom. The first-order valence-corrected chi connectivity index (χ1v) is 10.0. The summed E-state index contributed by atoms with van der Waals surface area (Å²) in [5, 5.41) is 11.3. The predicted octanol–water partition coefficient (Wildman–Crippen LogP) is 4.26. The fourth-order valence-electron chi connectivity index (χ4n) is 3.68. The van der Waals surface area contributed by atoms with Crippen LogP contribution in [0.15, 0.2) is 42.5 Å². The number of Topliss-reactive ketones (excluding diaryl/α,β-unsaturated/α-hetero) is 1. The molecule has 0 aromatic heterocycles. The number of nitro benzene ring substituents is 1. The SMILES string of the molecule is COc1ccccc1C(=O)COC(=O)C1CCN(c2ccc(C(F)(F)F)cc2[N+](=O)[O-])CC1. The number of ether oxygens (including phenoxy) is 2. The van der Waals surface area contributed by atoms with Gasteiger partial charge in [-0.15, -0.1) is 0 Å². The minimum absolute atomic E-state index is 0.0613. The fourth-order valence-corrected chi connectivity index (χ4v) is 3.68. The van der Waals surface area contributed by atoms with Gasteiger partial charge in [-0.25, -0.2) is 0 Å². The van der Waals surface area contributed by atoms with Crippen LogP contribution in [0.5, 0.6) is 5.75 Å². The highest BCUT2D eigenvalue weighted by Crippen LogP contribution is 2.37. The van der Waals surface area contributed by atoms with E-state index in [-0.39, 0.29) is 37.2 Å². The minimum Gasteiger partial charge on any atom is -0.496 e. The average molecular weight is 466 g/mol. The van der Waals surface area contributed by atoms with Crippen molar-refractivity contribution in [2.45, 2.75) is 19.0 Å². The highest BCUT2D eigenvalue weighted by Gasteiger charge is 2.35. The molecule has 33 heavy (non-hydrogen) atoms. The molecule has 1 aliphatic heterocycles. The van der Waals surface area contributed by atoms with Crippen molar-refractivity contribution in [3.63, 3.8) is 0 Å². The summed E-state index contributed by atoms with van der Waals surface area (Å²) in [4.78, 5) is 36.8. The van der Waals surface area contributed by atoms with Crippen LogP contribution in [0.2, 0.25) is 0 Å². The number of nitrogens with zero attached hydrogens (tertiary/aromatic N) is 2. The molecule has 1 saturated heterocycles. The Labute approximate surface area is 187 Å². The maximum atomic E-state index is 12.9. The van der Waals surface area contributed by atoms with Gasteiger partial charge >= 0.3 is 12.1 Å². The number of carbonyl (C=O) groups excluding carboxylic acids is 2. The first kappa shape index (κ1) is 24.0. The number of ketones is 1. The lowest BCUT2D eigenvalue weighted by Gasteiger charge is -2.32. The molecule has 3 rings (SSSR count). The van der Waals surface area contributed by atoms with E-state index in [1.807, 2.05) is 0 Å². The Bertz CT molecular complexity index is 1050. The maximum Gasteiger partial charge on any atom is 0.416 e. The number of rotatable bonds is 7. The van der Waals surface area contributed by atoms with Crippen LogP contribution in [-0.4, -0.2) is 43.5 Å². The molecule has 0 bridgehead atoms. The van der Waals surface area contributed by atoms with Gasteiger partial charge < -0.3 is 14.4 Å². The second kappa shape index (κ2) is 9.88. The van der Waals surface area contributed by atoms with Gasteiger partial charge in [-0.05, 0) is 37.1 Å². The molecule has 11 heteroatoms. The van der Waals surface area contributed by atoms with E-state index in [9.17, 15) is 32.9 Å². The number of alkyl halides is 3. The molecule has 1 aliphatic rings. The van der Waals surface area contributed by atoms with Crippen LogP contribution in [-0.2, 0) is 15.7 Å². The zero-order valence-electron chi connectivity index (χ0n) is 17.6. The number of carbonyl (C=O) groups is 2. The van der Waals surface area contributed by atoms with Gasteiger partial charge in [-0.1, -0.05) is 12.1 Å². The largest absolute Gasteiger partial charge is 0.496 e. The zero-order valence-corrected chi connectivity index (χ0v) is 17.6. The van der Waals surface area contributed by atoms with Crippen LogP contribution in [0.25, 0.3) is 0 Å². The standard InChI is InChI=1S/C22H21F3N2O6/c1-32-20-5-3-2-4-16(20)19(28)13-33-21(29)14-8-10-26(11-9-14)17-7-6-15(22(23,24)25)12-18(17)27(30)31/h2-7,12,14H,8-11,13H2,1H3. The highest BCUT2D eigenvalue weighted by molar-refractivity contribution is 6.00. The molecular formula is C22H21F3N2O6. The lowest BCUT2D eigenvalue weighted by Crippen LogP contribution is -2.37. The Balaban J connectivity index is 1.60. The van der Waals surface area contributed by atoms with E-state index in [1.165, 1.54) is 7.11 Å². The number of benzene rings is 2. The van der Waals surface area contributed by atoms with Crippen molar-refractivity contribution in [3.05, 3.63) is 63.7 Å². The van der Waals surface area contributed by atoms with Gasteiger partial charge in [0.05, 0.1) is 29.1 Å². The van der Waals surface area contributed by atoms with E-state index in [0.717, 1.165) is 12.1 Å². The Hall–Kier alpha value is -3.63. The summed E-state index contributed by atoms with van der Waals surface area (Å²) < 4.78 is 49.0. The van der Waals surface area contributed by atoms with Crippen LogP contribution in [0, 0.1) is 16.0 Å². The molecule has 8 nitrogen and oxygen atoms in total. The third kappa shape index (κ3) is 5.60. The number of piperidine rings is 1. The average Bonchev–Trinajstić information content (AvgIpc) is 2.81. The smallest absolute Gasteiger partial charge is 0.416 e. The van der Waals surface area contributed by atoms with Gasteiger partial charge in [0.15, 0.2) is 6.61 Å². The minimum atomic E-state index is -4.69. The predicted molar refractivity (Wildman–Crippen MR) is 111 cm³/mol. The molecule has 176 valence electrons. The molecule has 2 aromatic carbocycles. The lowest BCUT2D eigenvalue weighted by atomic mass is 9.96. The molecule has 0 amide bonds. The van der Waals surface area contributed by atoms with Gasteiger partial charge in [0.1, 0.15) is 11.4 Å². The van der Waals surface area contributed by atoms with Gasteiger partial charge in [-0.2, -0.15) is 13.2 Å². The summed E-state index contributed by atoms with van der Waals surface area (Å²) in [5.74, 6) is -1.15. The topological polar surface area (TPSA) is 99.0 Å². The Morgan fingerprint density at radius 3 is 2.42 bits per heavy atom. The third-order valence-corrected chi connectivity index (χ3v) is 5.42. The summed E-state index contributed by atoms with van der Waals surface area (Å²) >= 11 is 0. The summed E-state index contributed by atoms with van der Waals surface area (Å²) in [7, 11) is 1.42. The summed E-state index contributed by atoms with van der Waals surface area (Å²) in [6, 6.07) is 8.93. The molecule has 0 atom stereocenters. The summed E-state index contributed by atoms with van der Waals surface area (Å²) in [6.45, 7) is -0.0252. The highest BCUT2D eigenvalue weighted by atomic mass is 19.4. The molecule has 0 radical (unpaired) electrons. The van der Waals surface area contributed by atoms with Crippen LogP contribution in [0.3, 0.4) is 0 Å². The molecule has 2 aromatic rings. The third-order valence-electron chi connectivity index (χ3n) is 5.42. The van der Waals surface area contributed by atoms with E-state index in [0.29, 0.717) is 11.8 Å². The van der Waals surface area contributed by atoms with E-state index in [1.54, 1.807) is 29.2 Å². The number of anilines is 1. The summed E-state index contributed by atoms with van der Waals surface area (Å²) in [6.07, 6.45) is -4.14. The van der Waals surface area contributed by atoms with Crippen molar-refractivity contribution < 1.29 is 37.2 Å². The molecular weight excluding hydrogens is 445 g/mol. The van der Waals surface area contributed by atoms with Crippen LogP contribution in [0.4, 0.5) is 24.5 Å². The number of methoxy groups -OCH3 is 1. The van der Waals surface area contributed by atoms with E-state index >= 15 is 0 Å². The number of hydrogen-bond donors (Lipinski definition) is 0. The quantitative estimate of drug-likeness (QED) is 0.260. The number of halogens is 3. The molecule has 0 saturated carbocycles. The Kier molecular flexibility index (Phi) is 7.19. The van der Waals surface area contributed by atoms with Crippen LogP contribution < -0.4 is 9.64 Å². The van der Waals surface area contributed by atoms with Crippen LogP contribution in [0.1, 0.15) is 28.8 Å². The zero-order chi connectivity index (χ0) is 24.2. The summed E-state index contributed by atoms with van der Waals surface area (Å²) in [5.41, 5.74) is -1.40. The molecule has 0 spiro atoms. The van der Waals surface area contributed by atoms with Gasteiger partial charge in [-0.3, -0.25) is 19.7 Å². The van der Waals surface area contributed by atoms with Crippen molar-refractivity contribution in [2.75, 3.05) is 31.7 Å². The number of hydrogen-bond acceptors (Lipinski definition) is 7. The number of nitro groups is 1. The fraction of sp³-hybridized carbons (Fsp3) is 0.364. The number of esters is 1. The normalized spacial score (nSPS) is 14.6. The van der Waals surface area contributed by atoms with Crippen molar-refractivity contribution in [1.82, 2.24) is 0 Å². The second-order valence-electron chi connectivity index (χ2n) is 7.45. The van der Waals surface area contributed by atoms with Crippen molar-refractivity contribution >= 4 is 23.1 Å². The first-order chi connectivity index (χ1) is 15.6. The van der Waals surface area contributed by atoms with Gasteiger partial charge in [0.25, 0.3) is 5.69 Å². The van der Waals surface area contributed by atoms with E-state index in [4.69, 9.17) is 9.47 Å². The van der Waals surface area contributed by atoms with E-state index in [2.05, 4.69) is 0 Å². The molecule has 1 heterocycles. The molecule has 1 fully saturated rings. The number of para-hydroxylation sites is 1. The van der Waals surface area contributed by atoms with Gasteiger partial charge in [0, 0.05) is 19.2 Å². The maximum absolute atomic E-state index is 12.9. The van der Waals surface area contributed by atoms with Crippen molar-refractivity contribution in [1.29, 1.82) is 0 Å². The van der Waals surface area contributed by atoms with Gasteiger partial charge in [0.2, 0.25) is 5.78 Å². The lowest BCUT2D eigenvalue weighted by molar-refractivity contribution is -0.384. The molecule has 0 unspecified atom stereocenters. The Morgan fingerprint density at radius 1 is 1.15 bits per heavy atom.